The Morgan fingerprint density at radius 2 is 1.80 bits per heavy atom. The van der Waals surface area contributed by atoms with Gasteiger partial charge in [-0.05, 0) is 61.9 Å². The number of hydrogen-bond donors (Lipinski definition) is 3. The summed E-state index contributed by atoms with van der Waals surface area (Å²) < 4.78 is 29.9. The lowest BCUT2D eigenvalue weighted by molar-refractivity contribution is 0.0946. The van der Waals surface area contributed by atoms with Crippen LogP contribution in [0.2, 0.25) is 0 Å². The van der Waals surface area contributed by atoms with Crippen LogP contribution in [0, 0.1) is 11.7 Å². The Balaban J connectivity index is 0.000000211. The Morgan fingerprint density at radius 3 is 2.48 bits per heavy atom. The largest absolute Gasteiger partial charge is 0.496 e. The normalized spacial score (nSPS) is 14.2. The first-order valence-electron chi connectivity index (χ1n) is 13.6. The zero-order valence-corrected chi connectivity index (χ0v) is 23.6. The van der Waals surface area contributed by atoms with Crippen LogP contribution in [0.5, 0.6) is 17.2 Å². The second-order valence-electron chi connectivity index (χ2n) is 8.95. The molecular formula is C31H39FN4O4. The predicted molar refractivity (Wildman–Crippen MR) is 156 cm³/mol. The molecule has 0 aliphatic carbocycles. The maximum atomic E-state index is 13.5. The molecule has 4 aromatic rings. The van der Waals surface area contributed by atoms with Gasteiger partial charge in [0.1, 0.15) is 23.1 Å². The summed E-state index contributed by atoms with van der Waals surface area (Å²) in [5.74, 6) is 1.74. The van der Waals surface area contributed by atoms with Gasteiger partial charge in [0.15, 0.2) is 0 Å². The molecule has 2 heterocycles. The van der Waals surface area contributed by atoms with Crippen LogP contribution in [0.15, 0.2) is 66.9 Å². The number of nitrogens with one attached hydrogen (secondary N) is 3. The number of carbonyl (C=O) groups is 1. The minimum absolute atomic E-state index is 0.00589. The molecule has 0 saturated carbocycles. The van der Waals surface area contributed by atoms with Gasteiger partial charge < -0.3 is 24.8 Å². The van der Waals surface area contributed by atoms with Crippen molar-refractivity contribution in [3.8, 4) is 17.2 Å². The van der Waals surface area contributed by atoms with Gasteiger partial charge in [0.25, 0.3) is 5.91 Å². The summed E-state index contributed by atoms with van der Waals surface area (Å²) in [4.78, 5) is 12.0. The van der Waals surface area contributed by atoms with Crippen molar-refractivity contribution >= 4 is 16.8 Å². The molecule has 1 amide bonds. The Bertz CT molecular complexity index is 1320. The summed E-state index contributed by atoms with van der Waals surface area (Å²) in [6.45, 7) is 7.21. The summed E-state index contributed by atoms with van der Waals surface area (Å²) in [5, 5.41) is 14.1. The van der Waals surface area contributed by atoms with E-state index in [1.807, 2.05) is 38.2 Å². The van der Waals surface area contributed by atoms with Gasteiger partial charge in [0.2, 0.25) is 0 Å². The van der Waals surface area contributed by atoms with E-state index in [9.17, 15) is 9.18 Å². The fraction of sp³-hybridized carbons (Fsp3) is 0.355. The molecule has 1 atom stereocenters. The fourth-order valence-electron chi connectivity index (χ4n) is 4.30. The summed E-state index contributed by atoms with van der Waals surface area (Å²) in [7, 11) is 3.08. The number of halogens is 1. The molecule has 0 spiro atoms. The molecule has 1 aliphatic rings. The predicted octanol–water partition coefficient (Wildman–Crippen LogP) is 5.74. The highest BCUT2D eigenvalue weighted by atomic mass is 19.1. The SMILES string of the molecule is CC.COc1cccc(OC)c1CNC(=O)c1ccccc1F.c1cc2[nH]ncc2cc1OCC1CCCNC1. The molecule has 1 aromatic heterocycles. The molecule has 1 aliphatic heterocycles. The average molecular weight is 551 g/mol. The lowest BCUT2D eigenvalue weighted by atomic mass is 10.0. The van der Waals surface area contributed by atoms with Crippen molar-refractivity contribution in [2.45, 2.75) is 33.2 Å². The van der Waals surface area contributed by atoms with E-state index in [4.69, 9.17) is 14.2 Å². The Kier molecular flexibility index (Phi) is 12.2. The lowest BCUT2D eigenvalue weighted by Gasteiger charge is -2.22. The molecular weight excluding hydrogens is 511 g/mol. The van der Waals surface area contributed by atoms with Crippen molar-refractivity contribution in [1.29, 1.82) is 0 Å². The summed E-state index contributed by atoms with van der Waals surface area (Å²) in [5.41, 5.74) is 1.76. The molecule has 0 radical (unpaired) electrons. The molecule has 1 unspecified atom stereocenters. The van der Waals surface area contributed by atoms with Crippen LogP contribution in [0.3, 0.4) is 0 Å². The zero-order chi connectivity index (χ0) is 28.7. The van der Waals surface area contributed by atoms with Crippen molar-refractivity contribution in [3.63, 3.8) is 0 Å². The maximum Gasteiger partial charge on any atom is 0.254 e. The molecule has 5 rings (SSSR count). The van der Waals surface area contributed by atoms with Crippen molar-refractivity contribution < 1.29 is 23.4 Å². The Labute approximate surface area is 235 Å². The number of hydrogen-bond acceptors (Lipinski definition) is 6. The van der Waals surface area contributed by atoms with E-state index >= 15 is 0 Å². The molecule has 3 N–H and O–H groups in total. The number of amides is 1. The summed E-state index contributed by atoms with van der Waals surface area (Å²) in [6, 6.07) is 17.2. The number of aromatic nitrogens is 2. The molecule has 9 heteroatoms. The number of ether oxygens (including phenoxy) is 3. The summed E-state index contributed by atoms with van der Waals surface area (Å²) >= 11 is 0. The third kappa shape index (κ3) is 8.44. The van der Waals surface area contributed by atoms with E-state index in [0.29, 0.717) is 23.0 Å². The summed E-state index contributed by atoms with van der Waals surface area (Å²) in [6.07, 6.45) is 4.35. The molecule has 214 valence electrons. The van der Waals surface area contributed by atoms with E-state index in [1.165, 1.54) is 45.3 Å². The third-order valence-corrected chi connectivity index (χ3v) is 6.37. The highest BCUT2D eigenvalue weighted by Crippen LogP contribution is 2.28. The van der Waals surface area contributed by atoms with Gasteiger partial charge in [-0.2, -0.15) is 5.10 Å². The highest BCUT2D eigenvalue weighted by molar-refractivity contribution is 5.94. The number of fused-ring (bicyclic) bond motifs is 1. The van der Waals surface area contributed by atoms with E-state index < -0.39 is 11.7 Å². The number of rotatable bonds is 8. The van der Waals surface area contributed by atoms with Crippen LogP contribution in [0.25, 0.3) is 10.9 Å². The number of aromatic amines is 1. The first-order valence-corrected chi connectivity index (χ1v) is 13.6. The van der Waals surface area contributed by atoms with Gasteiger partial charge in [-0.25, -0.2) is 4.39 Å². The quantitative estimate of drug-likeness (QED) is 0.259. The van der Waals surface area contributed by atoms with Gasteiger partial charge in [-0.15, -0.1) is 0 Å². The van der Waals surface area contributed by atoms with Crippen molar-refractivity contribution in [2.75, 3.05) is 33.9 Å². The first kappa shape index (κ1) is 30.4. The monoisotopic (exact) mass is 550 g/mol. The van der Waals surface area contributed by atoms with E-state index in [2.05, 4.69) is 20.8 Å². The Morgan fingerprint density at radius 1 is 1.05 bits per heavy atom. The van der Waals surface area contributed by atoms with Gasteiger partial charge in [-0.1, -0.05) is 32.0 Å². The number of carbonyl (C=O) groups excluding carboxylic acids is 1. The second kappa shape index (κ2) is 16.1. The number of methoxy groups -OCH3 is 2. The minimum atomic E-state index is -0.554. The van der Waals surface area contributed by atoms with E-state index in [1.54, 1.807) is 24.3 Å². The smallest absolute Gasteiger partial charge is 0.254 e. The van der Waals surface area contributed by atoms with Crippen LogP contribution in [-0.2, 0) is 6.54 Å². The third-order valence-electron chi connectivity index (χ3n) is 6.37. The lowest BCUT2D eigenvalue weighted by Crippen LogP contribution is -2.33. The fourth-order valence-corrected chi connectivity index (χ4v) is 4.30. The van der Waals surface area contributed by atoms with Gasteiger partial charge >= 0.3 is 0 Å². The van der Waals surface area contributed by atoms with Crippen LogP contribution < -0.4 is 24.8 Å². The number of benzene rings is 3. The van der Waals surface area contributed by atoms with Gasteiger partial charge in [-0.3, -0.25) is 9.89 Å². The van der Waals surface area contributed by atoms with Crippen molar-refractivity contribution in [1.82, 2.24) is 20.8 Å². The number of piperidine rings is 1. The molecule has 3 aromatic carbocycles. The Hall–Kier alpha value is -4.11. The highest BCUT2D eigenvalue weighted by Gasteiger charge is 2.15. The molecule has 1 saturated heterocycles. The zero-order valence-electron chi connectivity index (χ0n) is 23.6. The number of nitrogens with zero attached hydrogens (tertiary/aromatic N) is 1. The van der Waals surface area contributed by atoms with E-state index in [0.717, 1.165) is 36.3 Å². The molecule has 40 heavy (non-hydrogen) atoms. The van der Waals surface area contributed by atoms with Crippen molar-refractivity contribution in [2.24, 2.45) is 5.92 Å². The number of H-pyrrole nitrogens is 1. The molecule has 1 fully saturated rings. The first-order chi connectivity index (χ1) is 19.6. The van der Waals surface area contributed by atoms with Crippen LogP contribution >= 0.6 is 0 Å². The molecule has 0 bridgehead atoms. The van der Waals surface area contributed by atoms with Crippen molar-refractivity contribution in [3.05, 3.63) is 83.8 Å². The second-order valence-corrected chi connectivity index (χ2v) is 8.95. The minimum Gasteiger partial charge on any atom is -0.496 e. The van der Waals surface area contributed by atoms with Crippen LogP contribution in [-0.4, -0.2) is 50.0 Å². The maximum absolute atomic E-state index is 13.5. The van der Waals surface area contributed by atoms with Crippen LogP contribution in [0.4, 0.5) is 4.39 Å². The van der Waals surface area contributed by atoms with Crippen LogP contribution in [0.1, 0.15) is 42.6 Å². The van der Waals surface area contributed by atoms with Gasteiger partial charge in [0.05, 0.1) is 50.2 Å². The molecule has 8 nitrogen and oxygen atoms in total. The standard InChI is InChI=1S/C16H16FNO3.C13H17N3O.C2H6/c1-20-14-8-5-9-15(21-2)12(14)10-18-16(19)11-6-3-4-7-13(11)17;1-2-10(7-14-5-1)9-17-12-3-4-13-11(6-12)8-15-16-13;1-2/h3-9H,10H2,1-2H3,(H,18,19);3-4,6,8,10,14H,1-2,5,7,9H2,(H,15,16);1-2H3. The van der Waals surface area contributed by atoms with E-state index in [-0.39, 0.29) is 12.1 Å². The topological polar surface area (TPSA) is 97.5 Å². The average Bonchev–Trinajstić information content (AvgIpc) is 3.49. The van der Waals surface area contributed by atoms with Gasteiger partial charge in [0, 0.05) is 17.8 Å².